The van der Waals surface area contributed by atoms with Crippen LogP contribution in [0.15, 0.2) is 52.9 Å². The molecule has 29 heavy (non-hydrogen) atoms. The smallest absolute Gasteiger partial charge is 0.270 e. The highest BCUT2D eigenvalue weighted by molar-refractivity contribution is 8.01. The number of nitro benzene ring substituents is 1. The average molecular weight is 433 g/mol. The number of para-hydroxylation sites is 1. The summed E-state index contributed by atoms with van der Waals surface area (Å²) in [7, 11) is 0. The minimum absolute atomic E-state index is 0.0260. The van der Waals surface area contributed by atoms with Crippen molar-refractivity contribution in [3.8, 4) is 0 Å². The molecule has 0 aliphatic carbocycles. The Morgan fingerprint density at radius 3 is 2.69 bits per heavy atom. The van der Waals surface area contributed by atoms with Gasteiger partial charge in [0.05, 0.1) is 16.4 Å². The molecule has 0 saturated heterocycles. The Labute approximate surface area is 171 Å². The van der Waals surface area contributed by atoms with E-state index in [0.717, 1.165) is 29.2 Å². The van der Waals surface area contributed by atoms with Gasteiger partial charge in [0.25, 0.3) is 11.6 Å². The number of anilines is 2. The van der Waals surface area contributed by atoms with Gasteiger partial charge in [0, 0.05) is 17.7 Å². The van der Waals surface area contributed by atoms with Crippen LogP contribution in [-0.4, -0.2) is 32.7 Å². The lowest BCUT2D eigenvalue weighted by Gasteiger charge is -2.04. The predicted molar refractivity (Wildman–Crippen MR) is 107 cm³/mol. The van der Waals surface area contributed by atoms with Gasteiger partial charge in [-0.25, -0.2) is 4.39 Å². The fourth-order valence-electron chi connectivity index (χ4n) is 2.12. The van der Waals surface area contributed by atoms with Crippen molar-refractivity contribution in [1.82, 2.24) is 10.2 Å². The molecule has 0 aliphatic heterocycles. The molecular formula is C17H12FN5O4S2. The van der Waals surface area contributed by atoms with Crippen molar-refractivity contribution in [3.63, 3.8) is 0 Å². The Bertz CT molecular complexity index is 1080. The van der Waals surface area contributed by atoms with Gasteiger partial charge in [0.15, 0.2) is 4.34 Å². The van der Waals surface area contributed by atoms with Gasteiger partial charge in [-0.05, 0) is 18.2 Å². The minimum atomic E-state index is -0.594. The van der Waals surface area contributed by atoms with E-state index in [1.54, 1.807) is 6.07 Å². The van der Waals surface area contributed by atoms with Gasteiger partial charge in [0.2, 0.25) is 11.0 Å². The van der Waals surface area contributed by atoms with Crippen LogP contribution < -0.4 is 10.6 Å². The largest absolute Gasteiger partial charge is 0.323 e. The van der Waals surface area contributed by atoms with E-state index in [9.17, 15) is 24.1 Å². The third-order valence-electron chi connectivity index (χ3n) is 3.42. The Morgan fingerprint density at radius 1 is 1.14 bits per heavy atom. The highest BCUT2D eigenvalue weighted by Gasteiger charge is 2.15. The van der Waals surface area contributed by atoms with Crippen LogP contribution in [0.25, 0.3) is 0 Å². The van der Waals surface area contributed by atoms with Gasteiger partial charge >= 0.3 is 0 Å². The van der Waals surface area contributed by atoms with Gasteiger partial charge in [-0.3, -0.25) is 25.0 Å². The number of benzene rings is 2. The van der Waals surface area contributed by atoms with Gasteiger partial charge in [-0.15, -0.1) is 10.2 Å². The number of carbonyl (C=O) groups is 2. The molecule has 2 N–H and O–H groups in total. The molecule has 0 aliphatic rings. The molecule has 12 heteroatoms. The van der Waals surface area contributed by atoms with Crippen LogP contribution in [0.2, 0.25) is 0 Å². The van der Waals surface area contributed by atoms with E-state index >= 15 is 0 Å². The second-order valence-corrected chi connectivity index (χ2v) is 7.65. The van der Waals surface area contributed by atoms with Crippen LogP contribution in [0, 0.1) is 15.9 Å². The van der Waals surface area contributed by atoms with Gasteiger partial charge in [-0.2, -0.15) is 0 Å². The second-order valence-electron chi connectivity index (χ2n) is 5.45. The Balaban J connectivity index is 1.55. The summed E-state index contributed by atoms with van der Waals surface area (Å²) >= 11 is 2.11. The molecule has 9 nitrogen and oxygen atoms in total. The van der Waals surface area contributed by atoms with E-state index in [1.807, 2.05) is 0 Å². The lowest BCUT2D eigenvalue weighted by atomic mass is 10.2. The number of hydrogen-bond acceptors (Lipinski definition) is 8. The first kappa shape index (κ1) is 20.4. The van der Waals surface area contributed by atoms with Crippen molar-refractivity contribution >= 4 is 51.4 Å². The maximum atomic E-state index is 13.5. The maximum Gasteiger partial charge on any atom is 0.270 e. The highest BCUT2D eigenvalue weighted by atomic mass is 32.2. The lowest BCUT2D eigenvalue weighted by Crippen LogP contribution is -2.14. The molecule has 2 amide bonds. The molecule has 0 saturated carbocycles. The zero-order chi connectivity index (χ0) is 20.8. The zero-order valence-electron chi connectivity index (χ0n) is 14.5. The number of hydrogen-bond donors (Lipinski definition) is 2. The summed E-state index contributed by atoms with van der Waals surface area (Å²) in [4.78, 5) is 34.3. The van der Waals surface area contributed by atoms with Crippen LogP contribution >= 0.6 is 23.1 Å². The number of nitrogens with zero attached hydrogens (tertiary/aromatic N) is 3. The Kier molecular flexibility index (Phi) is 6.46. The summed E-state index contributed by atoms with van der Waals surface area (Å²) in [6.07, 6.45) is 0. The normalized spacial score (nSPS) is 10.4. The molecule has 3 aromatic rings. The van der Waals surface area contributed by atoms with Crippen molar-refractivity contribution in [3.05, 3.63) is 70.0 Å². The monoisotopic (exact) mass is 433 g/mol. The second kappa shape index (κ2) is 9.21. The lowest BCUT2D eigenvalue weighted by molar-refractivity contribution is -0.384. The molecule has 0 atom stereocenters. The standard InChI is InChI=1S/C17H12FN5O4S2/c18-12-6-1-2-7-13(12)19-14(24)9-28-17-22-21-16(29-17)20-15(25)10-4-3-5-11(8-10)23(26)27/h1-8H,9H2,(H,19,24)(H,20,21,25). The van der Waals surface area contributed by atoms with Crippen molar-refractivity contribution in [2.24, 2.45) is 0 Å². The third-order valence-corrected chi connectivity index (χ3v) is 5.39. The van der Waals surface area contributed by atoms with Gasteiger partial charge in [-0.1, -0.05) is 41.3 Å². The molecule has 0 unspecified atom stereocenters. The molecule has 0 radical (unpaired) electrons. The van der Waals surface area contributed by atoms with Crippen molar-refractivity contribution < 1.29 is 18.9 Å². The van der Waals surface area contributed by atoms with Gasteiger partial charge < -0.3 is 5.32 Å². The van der Waals surface area contributed by atoms with E-state index in [4.69, 9.17) is 0 Å². The Hall–Kier alpha value is -3.38. The van der Waals surface area contributed by atoms with Crippen LogP contribution in [0.3, 0.4) is 0 Å². The van der Waals surface area contributed by atoms with Crippen molar-refractivity contribution in [1.29, 1.82) is 0 Å². The quantitative estimate of drug-likeness (QED) is 0.252. The fourth-order valence-corrected chi connectivity index (χ4v) is 3.67. The number of amides is 2. The summed E-state index contributed by atoms with van der Waals surface area (Å²) < 4.78 is 13.9. The molecule has 1 aromatic heterocycles. The van der Waals surface area contributed by atoms with Crippen LogP contribution in [0.1, 0.15) is 10.4 Å². The molecule has 0 fully saturated rings. The third kappa shape index (κ3) is 5.56. The fraction of sp³-hybridized carbons (Fsp3) is 0.0588. The summed E-state index contributed by atoms with van der Waals surface area (Å²) in [5.41, 5.74) is -0.0137. The predicted octanol–water partition coefficient (Wildman–Crippen LogP) is 3.57. The van der Waals surface area contributed by atoms with E-state index < -0.39 is 22.6 Å². The number of thioether (sulfide) groups is 1. The first-order valence-electron chi connectivity index (χ1n) is 7.99. The first-order valence-corrected chi connectivity index (χ1v) is 9.79. The van der Waals surface area contributed by atoms with Gasteiger partial charge in [0.1, 0.15) is 5.82 Å². The number of nitrogens with one attached hydrogen (secondary N) is 2. The number of halogens is 1. The van der Waals surface area contributed by atoms with E-state index in [1.165, 1.54) is 36.4 Å². The molecule has 1 heterocycles. The number of non-ortho nitro benzene ring substituents is 1. The number of rotatable bonds is 7. The molecule has 148 valence electrons. The van der Waals surface area contributed by atoms with Crippen molar-refractivity contribution in [2.45, 2.75) is 4.34 Å². The summed E-state index contributed by atoms with van der Waals surface area (Å²) in [6.45, 7) is 0. The summed E-state index contributed by atoms with van der Waals surface area (Å²) in [6, 6.07) is 11.1. The SMILES string of the molecule is O=C(CSc1nnc(NC(=O)c2cccc([N+](=O)[O-])c2)s1)Nc1ccccc1F. The average Bonchev–Trinajstić information content (AvgIpc) is 3.15. The molecule has 0 bridgehead atoms. The molecule has 0 spiro atoms. The maximum absolute atomic E-state index is 13.5. The molecule has 2 aromatic carbocycles. The van der Waals surface area contributed by atoms with E-state index in [-0.39, 0.29) is 27.8 Å². The number of nitro groups is 1. The van der Waals surface area contributed by atoms with Crippen LogP contribution in [0.4, 0.5) is 20.9 Å². The molecular weight excluding hydrogens is 421 g/mol. The van der Waals surface area contributed by atoms with E-state index in [2.05, 4.69) is 20.8 Å². The highest BCUT2D eigenvalue weighted by Crippen LogP contribution is 2.26. The minimum Gasteiger partial charge on any atom is -0.323 e. The number of aromatic nitrogens is 2. The van der Waals surface area contributed by atoms with E-state index in [0.29, 0.717) is 4.34 Å². The number of carbonyl (C=O) groups excluding carboxylic acids is 2. The summed E-state index contributed by atoms with van der Waals surface area (Å²) in [5.74, 6) is -1.55. The summed E-state index contributed by atoms with van der Waals surface area (Å²) in [5, 5.41) is 23.6. The topological polar surface area (TPSA) is 127 Å². The van der Waals surface area contributed by atoms with Crippen LogP contribution in [-0.2, 0) is 4.79 Å². The van der Waals surface area contributed by atoms with Crippen LogP contribution in [0.5, 0.6) is 0 Å². The molecule has 3 rings (SSSR count). The zero-order valence-corrected chi connectivity index (χ0v) is 16.1. The Morgan fingerprint density at radius 2 is 1.93 bits per heavy atom. The van der Waals surface area contributed by atoms with Crippen molar-refractivity contribution in [2.75, 3.05) is 16.4 Å². The first-order chi connectivity index (χ1) is 13.9.